The molecule has 4 nitrogen and oxygen atoms in total. The average Bonchev–Trinajstić information content (AvgIpc) is 2.53. The molecule has 2 unspecified atom stereocenters. The summed E-state index contributed by atoms with van der Waals surface area (Å²) in [5, 5.41) is 11.1. The van der Waals surface area contributed by atoms with Gasteiger partial charge >= 0.3 is 0 Å². The predicted octanol–water partition coefficient (Wildman–Crippen LogP) is 0.589. The lowest BCUT2D eigenvalue weighted by atomic mass is 9.65. The molecule has 0 aromatic rings. The van der Waals surface area contributed by atoms with Crippen LogP contribution in [0.5, 0.6) is 0 Å². The minimum Gasteiger partial charge on any atom is -0.389 e. The van der Waals surface area contributed by atoms with Gasteiger partial charge in [0.15, 0.2) is 0 Å². The van der Waals surface area contributed by atoms with Crippen LogP contribution in [0.4, 0.5) is 0 Å². The van der Waals surface area contributed by atoms with Gasteiger partial charge in [0.2, 0.25) is 0 Å². The molecule has 0 aromatic carbocycles. The lowest BCUT2D eigenvalue weighted by Gasteiger charge is -2.48. The summed E-state index contributed by atoms with van der Waals surface area (Å²) in [6.45, 7) is 4.01. The van der Waals surface area contributed by atoms with Crippen LogP contribution in [-0.4, -0.2) is 55.5 Å². The fraction of sp³-hybridized carbons (Fsp3) is 1.00. The quantitative estimate of drug-likeness (QED) is 0.744. The van der Waals surface area contributed by atoms with Gasteiger partial charge in [-0.15, -0.1) is 0 Å². The maximum absolute atomic E-state index is 11.1. The van der Waals surface area contributed by atoms with Gasteiger partial charge in [-0.05, 0) is 45.7 Å². The highest BCUT2D eigenvalue weighted by molar-refractivity contribution is 5.02. The van der Waals surface area contributed by atoms with Gasteiger partial charge in [0.25, 0.3) is 0 Å². The first-order valence-electron chi connectivity index (χ1n) is 6.81. The van der Waals surface area contributed by atoms with Crippen LogP contribution in [-0.2, 0) is 4.74 Å². The highest BCUT2D eigenvalue weighted by Crippen LogP contribution is 2.44. The Bertz CT molecular complexity index is 254. The molecule has 2 atom stereocenters. The molecule has 0 bridgehead atoms. The first-order valence-corrected chi connectivity index (χ1v) is 6.81. The number of rotatable bonds is 2. The number of nitrogens with two attached hydrogens (primary N) is 1. The van der Waals surface area contributed by atoms with Crippen molar-refractivity contribution < 1.29 is 9.84 Å². The Kier molecular flexibility index (Phi) is 4.08. The van der Waals surface area contributed by atoms with Crippen LogP contribution in [0.3, 0.4) is 0 Å². The second-order valence-electron chi connectivity index (χ2n) is 5.83. The molecular weight excluding hydrogens is 216 g/mol. The van der Waals surface area contributed by atoms with Crippen LogP contribution in [0.2, 0.25) is 0 Å². The average molecular weight is 242 g/mol. The normalized spacial score (nSPS) is 41.1. The maximum atomic E-state index is 11.1. The van der Waals surface area contributed by atoms with Gasteiger partial charge in [0.1, 0.15) is 0 Å². The first-order chi connectivity index (χ1) is 8.12. The van der Waals surface area contributed by atoms with Crippen molar-refractivity contribution in [1.29, 1.82) is 0 Å². The van der Waals surface area contributed by atoms with E-state index in [-0.39, 0.29) is 5.41 Å². The Morgan fingerprint density at radius 1 is 1.24 bits per heavy atom. The van der Waals surface area contributed by atoms with Gasteiger partial charge in [-0.3, -0.25) is 0 Å². The van der Waals surface area contributed by atoms with Gasteiger partial charge in [-0.25, -0.2) is 0 Å². The van der Waals surface area contributed by atoms with Gasteiger partial charge < -0.3 is 20.5 Å². The van der Waals surface area contributed by atoms with Crippen molar-refractivity contribution in [2.45, 2.75) is 37.7 Å². The van der Waals surface area contributed by atoms with E-state index in [9.17, 15) is 5.11 Å². The summed E-state index contributed by atoms with van der Waals surface area (Å²) >= 11 is 0. The fourth-order valence-corrected chi connectivity index (χ4v) is 3.35. The van der Waals surface area contributed by atoms with Gasteiger partial charge in [0, 0.05) is 25.1 Å². The van der Waals surface area contributed by atoms with Crippen LogP contribution >= 0.6 is 0 Å². The molecule has 3 N–H and O–H groups in total. The van der Waals surface area contributed by atoms with Crippen LogP contribution < -0.4 is 5.73 Å². The van der Waals surface area contributed by atoms with E-state index in [2.05, 4.69) is 11.9 Å². The smallest absolute Gasteiger partial charge is 0.0750 e. The standard InChI is InChI=1S/C13H26N2O2/c1-15-7-2-5-13(16,6-8-15)12(10-14)4-3-9-17-11-12/h16H,2-11,14H2,1H3. The Labute approximate surface area is 104 Å². The zero-order valence-electron chi connectivity index (χ0n) is 11.0. The van der Waals surface area contributed by atoms with E-state index < -0.39 is 5.60 Å². The summed E-state index contributed by atoms with van der Waals surface area (Å²) in [6, 6.07) is 0. The number of hydrogen-bond acceptors (Lipinski definition) is 4. The van der Waals surface area contributed by atoms with E-state index >= 15 is 0 Å². The number of nitrogens with zero attached hydrogens (tertiary/aromatic N) is 1. The Morgan fingerprint density at radius 2 is 2.06 bits per heavy atom. The van der Waals surface area contributed by atoms with E-state index in [1.54, 1.807) is 0 Å². The molecule has 2 saturated heterocycles. The summed E-state index contributed by atoms with van der Waals surface area (Å²) in [4.78, 5) is 2.30. The second kappa shape index (κ2) is 5.22. The molecule has 17 heavy (non-hydrogen) atoms. The summed E-state index contributed by atoms with van der Waals surface area (Å²) in [6.07, 6.45) is 4.76. The molecular formula is C13H26N2O2. The zero-order valence-corrected chi connectivity index (χ0v) is 11.0. The highest BCUT2D eigenvalue weighted by atomic mass is 16.5. The third kappa shape index (κ3) is 2.50. The third-order valence-corrected chi connectivity index (χ3v) is 4.74. The van der Waals surface area contributed by atoms with Crippen molar-refractivity contribution in [2.24, 2.45) is 11.1 Å². The Morgan fingerprint density at radius 3 is 2.71 bits per heavy atom. The molecule has 0 spiro atoms. The molecule has 2 rings (SSSR count). The van der Waals surface area contributed by atoms with E-state index in [0.29, 0.717) is 13.2 Å². The summed E-state index contributed by atoms with van der Waals surface area (Å²) in [5.41, 5.74) is 5.14. The molecule has 0 aliphatic carbocycles. The summed E-state index contributed by atoms with van der Waals surface area (Å²) in [7, 11) is 2.12. The molecule has 2 aliphatic heterocycles. The van der Waals surface area contributed by atoms with Crippen molar-refractivity contribution in [3.05, 3.63) is 0 Å². The van der Waals surface area contributed by atoms with E-state index in [4.69, 9.17) is 10.5 Å². The minimum atomic E-state index is -0.632. The third-order valence-electron chi connectivity index (χ3n) is 4.74. The van der Waals surface area contributed by atoms with Crippen molar-refractivity contribution in [1.82, 2.24) is 4.90 Å². The van der Waals surface area contributed by atoms with Crippen LogP contribution in [0.1, 0.15) is 32.1 Å². The molecule has 2 aliphatic rings. The number of hydrogen-bond donors (Lipinski definition) is 2. The largest absolute Gasteiger partial charge is 0.389 e. The van der Waals surface area contributed by atoms with Crippen LogP contribution in [0.15, 0.2) is 0 Å². The van der Waals surface area contributed by atoms with E-state index in [1.807, 2.05) is 0 Å². The van der Waals surface area contributed by atoms with Gasteiger partial charge in [0.05, 0.1) is 12.2 Å². The number of aliphatic hydroxyl groups is 1. The molecule has 2 heterocycles. The molecule has 0 saturated carbocycles. The minimum absolute atomic E-state index is 0.212. The second-order valence-corrected chi connectivity index (χ2v) is 5.83. The molecule has 0 radical (unpaired) electrons. The van der Waals surface area contributed by atoms with Gasteiger partial charge in [-0.2, -0.15) is 0 Å². The molecule has 2 fully saturated rings. The maximum Gasteiger partial charge on any atom is 0.0750 e. The fourth-order valence-electron chi connectivity index (χ4n) is 3.35. The molecule has 4 heteroatoms. The van der Waals surface area contributed by atoms with Crippen molar-refractivity contribution in [2.75, 3.05) is 39.9 Å². The predicted molar refractivity (Wildman–Crippen MR) is 67.8 cm³/mol. The van der Waals surface area contributed by atoms with Crippen molar-refractivity contribution in [3.63, 3.8) is 0 Å². The molecule has 100 valence electrons. The zero-order chi connectivity index (χ0) is 12.4. The number of likely N-dealkylation sites (tertiary alicyclic amines) is 1. The Balaban J connectivity index is 2.15. The lowest BCUT2D eigenvalue weighted by molar-refractivity contribution is -0.149. The lowest BCUT2D eigenvalue weighted by Crippen LogP contribution is -2.57. The van der Waals surface area contributed by atoms with Crippen molar-refractivity contribution in [3.8, 4) is 0 Å². The van der Waals surface area contributed by atoms with Crippen LogP contribution in [0, 0.1) is 5.41 Å². The number of ether oxygens (including phenoxy) is 1. The summed E-state index contributed by atoms with van der Waals surface area (Å²) in [5.74, 6) is 0. The molecule has 0 aromatic heterocycles. The van der Waals surface area contributed by atoms with E-state index in [0.717, 1.165) is 51.8 Å². The topological polar surface area (TPSA) is 58.7 Å². The Hall–Kier alpha value is -0.160. The molecule has 0 amide bonds. The van der Waals surface area contributed by atoms with E-state index in [1.165, 1.54) is 0 Å². The summed E-state index contributed by atoms with van der Waals surface area (Å²) < 4.78 is 5.61. The van der Waals surface area contributed by atoms with Crippen LogP contribution in [0.25, 0.3) is 0 Å². The highest BCUT2D eigenvalue weighted by Gasteiger charge is 2.50. The SMILES string of the molecule is CN1CCCC(O)(C2(CN)CCCOC2)CC1. The van der Waals surface area contributed by atoms with Crippen molar-refractivity contribution >= 4 is 0 Å². The first kappa shape index (κ1) is 13.3. The monoisotopic (exact) mass is 242 g/mol. The van der Waals surface area contributed by atoms with Gasteiger partial charge in [-0.1, -0.05) is 0 Å².